The zero-order chi connectivity index (χ0) is 24.7. The Morgan fingerprint density at radius 3 is 2.23 bits per heavy atom. The lowest BCUT2D eigenvalue weighted by Gasteiger charge is -2.19. The number of carbonyl (C=O) groups is 1. The normalized spacial score (nSPS) is 11.3. The third-order valence-electron chi connectivity index (χ3n) is 5.65. The van der Waals surface area contributed by atoms with Crippen LogP contribution in [0.4, 0.5) is 4.79 Å². The van der Waals surface area contributed by atoms with Crippen LogP contribution in [0.2, 0.25) is 0 Å². The van der Waals surface area contributed by atoms with Gasteiger partial charge in [-0.1, -0.05) is 30.3 Å². The minimum atomic E-state index is -0.650. The molecule has 0 amide bonds. The molecule has 0 saturated heterocycles. The number of ether oxygens (including phenoxy) is 1. The van der Waals surface area contributed by atoms with E-state index in [0.717, 1.165) is 27.5 Å². The van der Waals surface area contributed by atoms with Gasteiger partial charge in [-0.05, 0) is 62.7 Å². The fourth-order valence-electron chi connectivity index (χ4n) is 4.05. The van der Waals surface area contributed by atoms with Crippen molar-refractivity contribution in [1.82, 2.24) is 4.57 Å². The lowest BCUT2D eigenvalue weighted by molar-refractivity contribution is 0.0544. The molecule has 0 aliphatic carbocycles. The molecule has 2 aromatic heterocycles. The van der Waals surface area contributed by atoms with Gasteiger partial charge < -0.3 is 9.15 Å². The van der Waals surface area contributed by atoms with E-state index in [9.17, 15) is 10.1 Å². The van der Waals surface area contributed by atoms with Crippen LogP contribution < -0.4 is 0 Å². The molecule has 6 nitrogen and oxygen atoms in total. The molecular weight excluding hydrogens is 438 g/mol. The molecule has 6 heteroatoms. The van der Waals surface area contributed by atoms with Crippen LogP contribution in [0.25, 0.3) is 44.3 Å². The van der Waals surface area contributed by atoms with Gasteiger partial charge in [-0.3, -0.25) is 4.57 Å². The molecule has 0 unspecified atom stereocenters. The van der Waals surface area contributed by atoms with Gasteiger partial charge in [0.1, 0.15) is 16.9 Å². The molecule has 5 rings (SSSR count). The number of furan rings is 1. The van der Waals surface area contributed by atoms with Crippen LogP contribution in [0.5, 0.6) is 0 Å². The fraction of sp³-hybridized carbons (Fsp3) is 0.138. The van der Waals surface area contributed by atoms with Crippen LogP contribution in [0.15, 0.2) is 77.3 Å². The zero-order valence-electron chi connectivity index (χ0n) is 19.5. The second-order valence-corrected chi connectivity index (χ2v) is 9.29. The Morgan fingerprint density at radius 1 is 0.886 bits per heavy atom. The first-order valence-corrected chi connectivity index (χ1v) is 11.1. The van der Waals surface area contributed by atoms with Gasteiger partial charge in [0.15, 0.2) is 0 Å². The molecule has 0 fully saturated rings. The van der Waals surface area contributed by atoms with Gasteiger partial charge in [-0.15, -0.1) is 0 Å². The summed E-state index contributed by atoms with van der Waals surface area (Å²) in [5.41, 5.74) is 4.30. The van der Waals surface area contributed by atoms with E-state index in [1.807, 2.05) is 63.2 Å². The SMILES string of the molecule is CC(C)(C)OC(=O)n1cc(-c2ccc(-c3cc4ccc(C#N)cc4o3)cc2)c2ccc(C#N)cc21. The lowest BCUT2D eigenvalue weighted by atomic mass is 10.0. The van der Waals surface area contributed by atoms with E-state index < -0.39 is 11.7 Å². The van der Waals surface area contributed by atoms with E-state index >= 15 is 0 Å². The van der Waals surface area contributed by atoms with Crippen molar-refractivity contribution < 1.29 is 13.9 Å². The number of benzene rings is 3. The summed E-state index contributed by atoms with van der Waals surface area (Å²) in [5, 5.41) is 20.2. The van der Waals surface area contributed by atoms with Crippen molar-refractivity contribution in [3.05, 3.63) is 84.1 Å². The average Bonchev–Trinajstić information content (AvgIpc) is 3.44. The summed E-state index contributed by atoms with van der Waals surface area (Å²) in [6.07, 6.45) is 1.25. The second kappa shape index (κ2) is 8.20. The number of fused-ring (bicyclic) bond motifs is 2. The van der Waals surface area contributed by atoms with Crippen LogP contribution in [-0.4, -0.2) is 16.3 Å². The molecular formula is C29H21N3O3. The van der Waals surface area contributed by atoms with Crippen LogP contribution in [-0.2, 0) is 4.74 Å². The van der Waals surface area contributed by atoms with Gasteiger partial charge in [0.25, 0.3) is 0 Å². The number of nitriles is 2. The summed E-state index contributed by atoms with van der Waals surface area (Å²) in [4.78, 5) is 12.9. The molecule has 3 aromatic carbocycles. The maximum atomic E-state index is 12.9. The lowest BCUT2D eigenvalue weighted by Crippen LogP contribution is -2.26. The molecule has 0 N–H and O–H groups in total. The third-order valence-corrected chi connectivity index (χ3v) is 5.65. The Balaban J connectivity index is 1.56. The maximum absolute atomic E-state index is 12.9. The highest BCUT2D eigenvalue weighted by molar-refractivity contribution is 6.01. The predicted molar refractivity (Wildman–Crippen MR) is 134 cm³/mol. The molecule has 0 radical (unpaired) electrons. The third kappa shape index (κ3) is 4.14. The first kappa shape index (κ1) is 22.0. The number of hydrogen-bond donors (Lipinski definition) is 0. The van der Waals surface area contributed by atoms with Gasteiger partial charge in [-0.25, -0.2) is 4.79 Å². The molecule has 170 valence electrons. The number of hydrogen-bond acceptors (Lipinski definition) is 5. The predicted octanol–water partition coefficient (Wildman–Crippen LogP) is 7.25. The number of aromatic nitrogens is 1. The van der Waals surface area contributed by atoms with Crippen molar-refractivity contribution in [2.75, 3.05) is 0 Å². The second-order valence-electron chi connectivity index (χ2n) is 9.29. The van der Waals surface area contributed by atoms with E-state index in [4.69, 9.17) is 14.4 Å². The van der Waals surface area contributed by atoms with Crippen LogP contribution in [0, 0.1) is 22.7 Å². The number of nitrogens with zero attached hydrogens (tertiary/aromatic N) is 3. The zero-order valence-corrected chi connectivity index (χ0v) is 19.5. The van der Waals surface area contributed by atoms with E-state index in [0.29, 0.717) is 28.0 Å². The first-order chi connectivity index (χ1) is 16.8. The fourth-order valence-corrected chi connectivity index (χ4v) is 4.05. The molecule has 0 aliphatic heterocycles. The van der Waals surface area contributed by atoms with Crippen molar-refractivity contribution in [2.45, 2.75) is 26.4 Å². The minimum absolute atomic E-state index is 0.465. The van der Waals surface area contributed by atoms with E-state index in [1.54, 1.807) is 30.5 Å². The summed E-state index contributed by atoms with van der Waals surface area (Å²) >= 11 is 0. The smallest absolute Gasteiger partial charge is 0.419 e. The highest BCUT2D eigenvalue weighted by atomic mass is 16.6. The summed E-state index contributed by atoms with van der Waals surface area (Å²) in [7, 11) is 0. The van der Waals surface area contributed by atoms with E-state index in [2.05, 4.69) is 12.1 Å². The van der Waals surface area contributed by atoms with Crippen molar-refractivity contribution in [3.63, 3.8) is 0 Å². The Kier molecular flexibility index (Phi) is 5.16. The molecule has 35 heavy (non-hydrogen) atoms. The van der Waals surface area contributed by atoms with Crippen molar-refractivity contribution in [3.8, 4) is 34.6 Å². The molecule has 0 atom stereocenters. The van der Waals surface area contributed by atoms with Crippen molar-refractivity contribution >= 4 is 28.0 Å². The molecule has 0 spiro atoms. The number of rotatable bonds is 2. The Morgan fingerprint density at radius 2 is 1.54 bits per heavy atom. The summed E-state index contributed by atoms with van der Waals surface area (Å²) in [5.74, 6) is 0.705. The van der Waals surface area contributed by atoms with Gasteiger partial charge in [0, 0.05) is 28.1 Å². The highest BCUT2D eigenvalue weighted by Gasteiger charge is 2.21. The Labute approximate surface area is 202 Å². The molecule has 5 aromatic rings. The molecule has 2 heterocycles. The van der Waals surface area contributed by atoms with Crippen molar-refractivity contribution in [2.24, 2.45) is 0 Å². The quantitative estimate of drug-likeness (QED) is 0.277. The largest absolute Gasteiger partial charge is 0.456 e. The van der Waals surface area contributed by atoms with Crippen LogP contribution in [0.1, 0.15) is 31.9 Å². The summed E-state index contributed by atoms with van der Waals surface area (Å²) < 4.78 is 13.0. The summed E-state index contributed by atoms with van der Waals surface area (Å²) in [6.45, 7) is 5.45. The van der Waals surface area contributed by atoms with Gasteiger partial charge in [0.05, 0.1) is 28.8 Å². The highest BCUT2D eigenvalue weighted by Crippen LogP contribution is 2.34. The van der Waals surface area contributed by atoms with E-state index in [1.165, 1.54) is 4.57 Å². The standard InChI is InChI=1S/C29H21N3O3/c1-29(2,3)35-28(33)32-17-24(23-11-5-18(15-30)12-25(23)32)20-7-9-21(10-8-20)27-14-22-6-4-19(16-31)13-26(22)34-27/h4-14,17H,1-3H3. The maximum Gasteiger partial charge on any atom is 0.419 e. The van der Waals surface area contributed by atoms with E-state index in [-0.39, 0.29) is 0 Å². The average molecular weight is 460 g/mol. The Bertz CT molecular complexity index is 1680. The van der Waals surface area contributed by atoms with Crippen LogP contribution >= 0.6 is 0 Å². The van der Waals surface area contributed by atoms with Crippen molar-refractivity contribution in [1.29, 1.82) is 10.5 Å². The van der Waals surface area contributed by atoms with Gasteiger partial charge >= 0.3 is 6.09 Å². The molecule has 0 bridgehead atoms. The number of carbonyl (C=O) groups excluding carboxylic acids is 1. The Hall–Kier alpha value is -4.81. The first-order valence-electron chi connectivity index (χ1n) is 11.1. The molecule has 0 aliphatic rings. The van der Waals surface area contributed by atoms with Crippen LogP contribution in [0.3, 0.4) is 0 Å². The minimum Gasteiger partial charge on any atom is -0.456 e. The monoisotopic (exact) mass is 459 g/mol. The topological polar surface area (TPSA) is 91.9 Å². The molecule has 0 saturated carbocycles. The van der Waals surface area contributed by atoms with Gasteiger partial charge in [-0.2, -0.15) is 10.5 Å². The summed E-state index contributed by atoms with van der Waals surface area (Å²) in [6, 6.07) is 24.7. The van der Waals surface area contributed by atoms with Gasteiger partial charge in [0.2, 0.25) is 0 Å².